The maximum absolute atomic E-state index is 4.97. The molecule has 4 heteroatoms. The third-order valence-electron chi connectivity index (χ3n) is 5.13. The second kappa shape index (κ2) is 10.3. The SMILES string of the molecule is [Pt+2].[c-]1ccccc1-c1cccc(N(C2=CC=CC(c3[c-]cccc3)N2)c2ccccc2)n1. The summed E-state index contributed by atoms with van der Waals surface area (Å²) < 4.78 is 0. The number of para-hydroxylation sites is 1. The quantitative estimate of drug-likeness (QED) is 0.278. The summed E-state index contributed by atoms with van der Waals surface area (Å²) in [6.07, 6.45) is 6.30. The van der Waals surface area contributed by atoms with Gasteiger partial charge in [-0.3, -0.25) is 9.88 Å². The van der Waals surface area contributed by atoms with Crippen LogP contribution < -0.4 is 10.2 Å². The van der Waals surface area contributed by atoms with Crippen LogP contribution >= 0.6 is 0 Å². The molecule has 0 aliphatic carbocycles. The molecule has 0 spiro atoms. The molecule has 1 aromatic heterocycles. The van der Waals surface area contributed by atoms with Gasteiger partial charge in [-0.2, -0.15) is 30.3 Å². The number of pyridine rings is 1. The summed E-state index contributed by atoms with van der Waals surface area (Å²) in [4.78, 5) is 7.12. The fraction of sp³-hybridized carbons (Fsp3) is 0.0357. The molecule has 3 nitrogen and oxygen atoms in total. The molecule has 1 aliphatic rings. The average molecular weight is 595 g/mol. The summed E-state index contributed by atoms with van der Waals surface area (Å²) in [5.74, 6) is 1.79. The van der Waals surface area contributed by atoms with Gasteiger partial charge in [0.1, 0.15) is 11.6 Å². The molecule has 1 N–H and O–H groups in total. The second-order valence-electron chi connectivity index (χ2n) is 7.20. The van der Waals surface area contributed by atoms with Gasteiger partial charge in [-0.05, 0) is 30.0 Å². The maximum Gasteiger partial charge on any atom is 2.00 e. The van der Waals surface area contributed by atoms with Crippen molar-refractivity contribution < 1.29 is 21.1 Å². The monoisotopic (exact) mass is 594 g/mol. The molecule has 0 saturated heterocycles. The Morgan fingerprint density at radius 1 is 0.781 bits per heavy atom. The number of benzene rings is 3. The second-order valence-corrected chi connectivity index (χ2v) is 7.20. The van der Waals surface area contributed by atoms with E-state index >= 15 is 0 Å². The van der Waals surface area contributed by atoms with Crippen molar-refractivity contribution in [3.05, 3.63) is 139 Å². The summed E-state index contributed by atoms with van der Waals surface area (Å²) in [6, 6.07) is 39.0. The van der Waals surface area contributed by atoms with Crippen LogP contribution in [0.15, 0.2) is 121 Å². The molecule has 4 aromatic rings. The van der Waals surface area contributed by atoms with E-state index < -0.39 is 0 Å². The van der Waals surface area contributed by atoms with Crippen molar-refractivity contribution in [1.29, 1.82) is 0 Å². The molecule has 0 fully saturated rings. The van der Waals surface area contributed by atoms with Gasteiger partial charge in [-0.1, -0.05) is 42.5 Å². The van der Waals surface area contributed by atoms with Gasteiger partial charge in [0.15, 0.2) is 0 Å². The van der Waals surface area contributed by atoms with Crippen LogP contribution in [0.3, 0.4) is 0 Å². The number of rotatable bonds is 5. The van der Waals surface area contributed by atoms with Crippen molar-refractivity contribution in [2.24, 2.45) is 0 Å². The predicted molar refractivity (Wildman–Crippen MR) is 125 cm³/mol. The molecule has 0 saturated carbocycles. The maximum atomic E-state index is 4.97. The molecule has 0 radical (unpaired) electrons. The Bertz CT molecular complexity index is 1210. The summed E-state index contributed by atoms with van der Waals surface area (Å²) in [6.45, 7) is 0. The van der Waals surface area contributed by atoms with Crippen molar-refractivity contribution in [2.45, 2.75) is 6.04 Å². The smallest absolute Gasteiger partial charge is 0.363 e. The molecule has 0 bridgehead atoms. The summed E-state index contributed by atoms with van der Waals surface area (Å²) in [5, 5.41) is 3.65. The molecule has 5 rings (SSSR count). The number of nitrogens with one attached hydrogen (secondary N) is 1. The molecule has 2 heterocycles. The van der Waals surface area contributed by atoms with Crippen molar-refractivity contribution in [3.8, 4) is 11.3 Å². The molecule has 1 unspecified atom stereocenters. The molecule has 0 amide bonds. The molecular weight excluding hydrogens is 573 g/mol. The summed E-state index contributed by atoms with van der Waals surface area (Å²) in [5.41, 5.74) is 3.99. The zero-order chi connectivity index (χ0) is 20.9. The van der Waals surface area contributed by atoms with Gasteiger partial charge in [-0.15, -0.1) is 41.5 Å². The van der Waals surface area contributed by atoms with Crippen LogP contribution in [0.2, 0.25) is 0 Å². The Kier molecular flexibility index (Phi) is 6.99. The predicted octanol–water partition coefficient (Wildman–Crippen LogP) is 6.23. The average Bonchev–Trinajstić information content (AvgIpc) is 2.86. The number of aromatic nitrogens is 1. The molecule has 3 aromatic carbocycles. The number of anilines is 2. The van der Waals surface area contributed by atoms with E-state index in [1.165, 1.54) is 0 Å². The normalized spacial score (nSPS) is 14.6. The van der Waals surface area contributed by atoms with Gasteiger partial charge in [0.05, 0.1) is 0 Å². The Morgan fingerprint density at radius 2 is 1.56 bits per heavy atom. The van der Waals surface area contributed by atoms with Crippen LogP contribution in [0, 0.1) is 12.1 Å². The van der Waals surface area contributed by atoms with E-state index in [2.05, 4.69) is 58.8 Å². The number of dihydropyridines is 1. The summed E-state index contributed by atoms with van der Waals surface area (Å²) >= 11 is 0. The van der Waals surface area contributed by atoms with E-state index in [-0.39, 0.29) is 27.1 Å². The first-order chi connectivity index (χ1) is 15.4. The number of nitrogens with zero attached hydrogens (tertiary/aromatic N) is 2. The minimum atomic E-state index is 0. The van der Waals surface area contributed by atoms with Gasteiger partial charge in [-0.25, -0.2) is 0 Å². The third-order valence-corrected chi connectivity index (χ3v) is 5.13. The van der Waals surface area contributed by atoms with Gasteiger partial charge in [0.2, 0.25) is 0 Å². The minimum Gasteiger partial charge on any atom is -0.363 e. The Labute approximate surface area is 203 Å². The Balaban J connectivity index is 0.00000245. The third kappa shape index (κ3) is 4.74. The first-order valence-corrected chi connectivity index (χ1v) is 10.3. The largest absolute Gasteiger partial charge is 2.00 e. The van der Waals surface area contributed by atoms with Gasteiger partial charge >= 0.3 is 21.1 Å². The zero-order valence-corrected chi connectivity index (χ0v) is 19.5. The molecule has 32 heavy (non-hydrogen) atoms. The number of hydrogen-bond acceptors (Lipinski definition) is 3. The Hall–Kier alpha value is -3.42. The van der Waals surface area contributed by atoms with Crippen LogP contribution in [0.4, 0.5) is 11.5 Å². The van der Waals surface area contributed by atoms with E-state index in [0.717, 1.165) is 34.1 Å². The number of allylic oxidation sites excluding steroid dienone is 2. The fourth-order valence-corrected chi connectivity index (χ4v) is 3.66. The summed E-state index contributed by atoms with van der Waals surface area (Å²) in [7, 11) is 0. The molecule has 1 aliphatic heterocycles. The fourth-order valence-electron chi connectivity index (χ4n) is 3.66. The number of hydrogen-bond donors (Lipinski definition) is 1. The van der Waals surface area contributed by atoms with Crippen LogP contribution in [-0.2, 0) is 21.1 Å². The van der Waals surface area contributed by atoms with Crippen LogP contribution in [-0.4, -0.2) is 4.98 Å². The van der Waals surface area contributed by atoms with Gasteiger partial charge in [0, 0.05) is 11.7 Å². The van der Waals surface area contributed by atoms with Crippen molar-refractivity contribution in [2.75, 3.05) is 4.90 Å². The zero-order valence-electron chi connectivity index (χ0n) is 17.3. The van der Waals surface area contributed by atoms with E-state index in [1.54, 1.807) is 0 Å². The first-order valence-electron chi connectivity index (χ1n) is 10.3. The van der Waals surface area contributed by atoms with E-state index in [1.807, 2.05) is 78.9 Å². The van der Waals surface area contributed by atoms with Crippen molar-refractivity contribution in [1.82, 2.24) is 10.3 Å². The minimum absolute atomic E-state index is 0. The van der Waals surface area contributed by atoms with Crippen LogP contribution in [0.1, 0.15) is 11.6 Å². The Morgan fingerprint density at radius 3 is 2.31 bits per heavy atom. The van der Waals surface area contributed by atoms with E-state index in [9.17, 15) is 0 Å². The molecule has 1 atom stereocenters. The van der Waals surface area contributed by atoms with Gasteiger partial charge in [0.25, 0.3) is 0 Å². The molecular formula is C28H21N3Pt. The van der Waals surface area contributed by atoms with Crippen LogP contribution in [0.5, 0.6) is 0 Å². The van der Waals surface area contributed by atoms with Crippen molar-refractivity contribution >= 4 is 11.5 Å². The van der Waals surface area contributed by atoms with Crippen molar-refractivity contribution in [3.63, 3.8) is 0 Å². The standard InChI is InChI=1S/C28H21N3.Pt/c1-4-12-22(13-5-1)25-18-10-20-27(29-25)31(24-16-8-3-9-17-24)28-21-11-19-26(30-28)23-14-6-2-7-15-23;/h1-12,14,16-21,25,29H;/q-2;+2. The van der Waals surface area contributed by atoms with Crippen LogP contribution in [0.25, 0.3) is 11.3 Å². The topological polar surface area (TPSA) is 28.2 Å². The molecule has 158 valence electrons. The van der Waals surface area contributed by atoms with Gasteiger partial charge < -0.3 is 5.32 Å². The first kappa shape index (κ1) is 21.8. The van der Waals surface area contributed by atoms with E-state index in [0.29, 0.717) is 0 Å². The van der Waals surface area contributed by atoms with E-state index in [4.69, 9.17) is 4.98 Å².